The van der Waals surface area contributed by atoms with E-state index in [1.807, 2.05) is 6.07 Å². The Bertz CT molecular complexity index is 289. The molecule has 1 unspecified atom stereocenters. The van der Waals surface area contributed by atoms with Gasteiger partial charge in [0.15, 0.2) is 0 Å². The maximum atomic E-state index is 8.79. The largest absolute Gasteiger partial charge is 0.396 e. The molecule has 0 saturated heterocycles. The molecule has 0 aliphatic carbocycles. The van der Waals surface area contributed by atoms with Gasteiger partial charge in [-0.3, -0.25) is 0 Å². The summed E-state index contributed by atoms with van der Waals surface area (Å²) in [7, 11) is 0. The van der Waals surface area contributed by atoms with Crippen LogP contribution in [-0.4, -0.2) is 22.7 Å². The van der Waals surface area contributed by atoms with Gasteiger partial charge in [-0.05, 0) is 31.9 Å². The van der Waals surface area contributed by atoms with Gasteiger partial charge in [-0.2, -0.15) is 0 Å². The fourth-order valence-electron chi connectivity index (χ4n) is 1.44. The van der Waals surface area contributed by atoms with Gasteiger partial charge in [0.25, 0.3) is 0 Å². The molecule has 0 saturated carbocycles. The summed E-state index contributed by atoms with van der Waals surface area (Å²) in [6, 6.07) is 4.25. The Morgan fingerprint density at radius 3 is 2.73 bits per heavy atom. The van der Waals surface area contributed by atoms with E-state index < -0.39 is 0 Å². The van der Waals surface area contributed by atoms with Crippen LogP contribution in [0.1, 0.15) is 31.9 Å². The summed E-state index contributed by atoms with van der Waals surface area (Å²) < 4.78 is 0. The third-order valence-corrected chi connectivity index (χ3v) is 2.57. The molecule has 1 aromatic rings. The molecule has 3 nitrogen and oxygen atoms in total. The predicted octanol–water partition coefficient (Wildman–Crippen LogP) is 2.16. The first-order chi connectivity index (χ1) is 7.13. The van der Waals surface area contributed by atoms with Crippen molar-refractivity contribution in [2.24, 2.45) is 0 Å². The first-order valence-corrected chi connectivity index (χ1v) is 5.49. The smallest absolute Gasteiger partial charge is 0.129 e. The standard InChI is InChI=1S/C11H17ClN2O/c1-8(5-6-15)14-9(2)10-3-4-11(12)13-7-10/h3-4,7-9,14-15H,5-6H2,1-2H3/t8-,9?/m1/s1. The summed E-state index contributed by atoms with van der Waals surface area (Å²) in [5, 5.41) is 12.7. The molecule has 0 fully saturated rings. The molecule has 2 atom stereocenters. The molecule has 0 aromatic carbocycles. The zero-order valence-electron chi connectivity index (χ0n) is 9.07. The summed E-state index contributed by atoms with van der Waals surface area (Å²) >= 11 is 5.71. The molecular formula is C11H17ClN2O. The third-order valence-electron chi connectivity index (χ3n) is 2.35. The Kier molecular flexibility index (Phi) is 5.02. The lowest BCUT2D eigenvalue weighted by Crippen LogP contribution is -2.29. The van der Waals surface area contributed by atoms with Crippen molar-refractivity contribution in [3.05, 3.63) is 29.0 Å². The van der Waals surface area contributed by atoms with Gasteiger partial charge >= 0.3 is 0 Å². The minimum atomic E-state index is 0.208. The summed E-state index contributed by atoms with van der Waals surface area (Å²) in [6.45, 7) is 4.33. The topological polar surface area (TPSA) is 45.1 Å². The molecule has 0 radical (unpaired) electrons. The Hall–Kier alpha value is -0.640. The van der Waals surface area contributed by atoms with Gasteiger partial charge in [-0.15, -0.1) is 0 Å². The second-order valence-electron chi connectivity index (χ2n) is 3.72. The van der Waals surface area contributed by atoms with Crippen molar-refractivity contribution in [2.75, 3.05) is 6.61 Å². The zero-order chi connectivity index (χ0) is 11.3. The van der Waals surface area contributed by atoms with Crippen molar-refractivity contribution < 1.29 is 5.11 Å². The highest BCUT2D eigenvalue weighted by Crippen LogP contribution is 2.14. The summed E-state index contributed by atoms with van der Waals surface area (Å²) in [6.07, 6.45) is 2.52. The van der Waals surface area contributed by atoms with Crippen LogP contribution >= 0.6 is 11.6 Å². The zero-order valence-corrected chi connectivity index (χ0v) is 9.83. The summed E-state index contributed by atoms with van der Waals surface area (Å²) in [5.41, 5.74) is 1.10. The van der Waals surface area contributed by atoms with Gasteiger partial charge in [0, 0.05) is 24.9 Å². The van der Waals surface area contributed by atoms with Gasteiger partial charge in [0.2, 0.25) is 0 Å². The lowest BCUT2D eigenvalue weighted by atomic mass is 10.1. The van der Waals surface area contributed by atoms with Crippen molar-refractivity contribution >= 4 is 11.6 Å². The second kappa shape index (κ2) is 6.05. The molecule has 1 heterocycles. The van der Waals surface area contributed by atoms with Gasteiger partial charge in [0.1, 0.15) is 5.15 Å². The van der Waals surface area contributed by atoms with Crippen LogP contribution in [0.15, 0.2) is 18.3 Å². The molecule has 0 amide bonds. The number of aliphatic hydroxyl groups excluding tert-OH is 1. The molecular weight excluding hydrogens is 212 g/mol. The Balaban J connectivity index is 2.53. The van der Waals surface area contributed by atoms with Crippen molar-refractivity contribution in [1.29, 1.82) is 0 Å². The monoisotopic (exact) mass is 228 g/mol. The van der Waals surface area contributed by atoms with Crippen LogP contribution in [0.4, 0.5) is 0 Å². The van der Waals surface area contributed by atoms with E-state index in [1.54, 1.807) is 12.3 Å². The molecule has 15 heavy (non-hydrogen) atoms. The Morgan fingerprint density at radius 1 is 1.47 bits per heavy atom. The number of rotatable bonds is 5. The van der Waals surface area contributed by atoms with E-state index in [4.69, 9.17) is 16.7 Å². The van der Waals surface area contributed by atoms with E-state index in [9.17, 15) is 0 Å². The maximum absolute atomic E-state index is 8.79. The van der Waals surface area contributed by atoms with E-state index in [0.717, 1.165) is 12.0 Å². The fourth-order valence-corrected chi connectivity index (χ4v) is 1.56. The highest BCUT2D eigenvalue weighted by atomic mass is 35.5. The second-order valence-corrected chi connectivity index (χ2v) is 4.10. The molecule has 0 bridgehead atoms. The van der Waals surface area contributed by atoms with Gasteiger partial charge < -0.3 is 10.4 Å². The predicted molar refractivity (Wildman–Crippen MR) is 62.0 cm³/mol. The van der Waals surface area contributed by atoms with Gasteiger partial charge in [-0.1, -0.05) is 17.7 Å². The van der Waals surface area contributed by atoms with Crippen LogP contribution < -0.4 is 5.32 Å². The van der Waals surface area contributed by atoms with Gasteiger partial charge in [0.05, 0.1) is 0 Å². The van der Waals surface area contributed by atoms with Crippen molar-refractivity contribution in [3.63, 3.8) is 0 Å². The van der Waals surface area contributed by atoms with Crippen LogP contribution in [0.3, 0.4) is 0 Å². The first-order valence-electron chi connectivity index (χ1n) is 5.12. The number of hydrogen-bond donors (Lipinski definition) is 2. The fraction of sp³-hybridized carbons (Fsp3) is 0.545. The number of pyridine rings is 1. The van der Waals surface area contributed by atoms with E-state index >= 15 is 0 Å². The number of aromatic nitrogens is 1. The Labute approximate surface area is 95.5 Å². The number of nitrogens with zero attached hydrogens (tertiary/aromatic N) is 1. The number of aliphatic hydroxyl groups is 1. The van der Waals surface area contributed by atoms with Crippen molar-refractivity contribution in [3.8, 4) is 0 Å². The van der Waals surface area contributed by atoms with Crippen molar-refractivity contribution in [2.45, 2.75) is 32.4 Å². The van der Waals surface area contributed by atoms with E-state index in [2.05, 4.69) is 24.1 Å². The van der Waals surface area contributed by atoms with E-state index in [0.29, 0.717) is 11.2 Å². The lowest BCUT2D eigenvalue weighted by molar-refractivity contribution is 0.264. The van der Waals surface area contributed by atoms with E-state index in [-0.39, 0.29) is 12.6 Å². The maximum Gasteiger partial charge on any atom is 0.129 e. The van der Waals surface area contributed by atoms with Gasteiger partial charge in [-0.25, -0.2) is 4.98 Å². The van der Waals surface area contributed by atoms with Crippen molar-refractivity contribution in [1.82, 2.24) is 10.3 Å². The van der Waals surface area contributed by atoms with E-state index in [1.165, 1.54) is 0 Å². The summed E-state index contributed by atoms with van der Waals surface area (Å²) in [4.78, 5) is 4.03. The molecule has 1 rings (SSSR count). The molecule has 0 spiro atoms. The molecule has 0 aliphatic rings. The number of hydrogen-bond acceptors (Lipinski definition) is 3. The number of nitrogens with one attached hydrogen (secondary N) is 1. The number of halogens is 1. The molecule has 4 heteroatoms. The normalized spacial score (nSPS) is 14.9. The highest BCUT2D eigenvalue weighted by molar-refractivity contribution is 6.29. The molecule has 1 aromatic heterocycles. The minimum Gasteiger partial charge on any atom is -0.396 e. The third kappa shape index (κ3) is 4.16. The van der Waals surface area contributed by atoms with Crippen LogP contribution in [0.5, 0.6) is 0 Å². The molecule has 2 N–H and O–H groups in total. The molecule has 0 aliphatic heterocycles. The Morgan fingerprint density at radius 2 is 2.20 bits per heavy atom. The quantitative estimate of drug-likeness (QED) is 0.760. The van der Waals surface area contributed by atoms with Crippen LogP contribution in [0.25, 0.3) is 0 Å². The average Bonchev–Trinajstić information content (AvgIpc) is 2.18. The first kappa shape index (κ1) is 12.4. The van der Waals surface area contributed by atoms with Crippen LogP contribution in [-0.2, 0) is 0 Å². The SMILES string of the molecule is CC(N[C@H](C)CCO)c1ccc(Cl)nc1. The lowest BCUT2D eigenvalue weighted by Gasteiger charge is -2.19. The van der Waals surface area contributed by atoms with Crippen LogP contribution in [0.2, 0.25) is 5.15 Å². The molecule has 84 valence electrons. The average molecular weight is 229 g/mol. The summed E-state index contributed by atoms with van der Waals surface area (Å²) in [5.74, 6) is 0. The van der Waals surface area contributed by atoms with Crippen LogP contribution in [0, 0.1) is 0 Å². The highest BCUT2D eigenvalue weighted by Gasteiger charge is 2.08. The minimum absolute atomic E-state index is 0.208.